The second kappa shape index (κ2) is 16.1. The summed E-state index contributed by atoms with van der Waals surface area (Å²) in [6.45, 7) is 11.4. The number of carbonyl (C=O) groups excluding carboxylic acids is 4. The van der Waals surface area contributed by atoms with Gasteiger partial charge in [-0.3, -0.25) is 14.4 Å². The Bertz CT molecular complexity index is 1480. The summed E-state index contributed by atoms with van der Waals surface area (Å²) in [7, 11) is 0. The molecule has 0 saturated carbocycles. The number of nitrogens with two attached hydrogens (primary N) is 1. The minimum absolute atomic E-state index is 0.0371. The fraction of sp³-hybridized carbons (Fsp3) is 0.444. The maximum atomic E-state index is 14.5. The van der Waals surface area contributed by atoms with Crippen LogP contribution in [-0.4, -0.2) is 46.9 Å². The van der Waals surface area contributed by atoms with Crippen LogP contribution in [0.2, 0.25) is 0 Å². The number of unbranched alkanes of at least 4 members (excludes halogenated alkanes) is 3. The number of amides is 4. The minimum atomic E-state index is -1.14. The fourth-order valence-electron chi connectivity index (χ4n) is 5.43. The molecular formula is C36H48N4O5. The Hall–Kier alpha value is -4.40. The number of alkyl carbamates (subject to hydrolysis) is 1. The molecule has 0 heterocycles. The van der Waals surface area contributed by atoms with Gasteiger partial charge in [-0.1, -0.05) is 74.7 Å². The van der Waals surface area contributed by atoms with Crippen LogP contribution in [0.4, 0.5) is 10.5 Å². The lowest BCUT2D eigenvalue weighted by Gasteiger charge is -2.36. The molecule has 3 rings (SSSR count). The van der Waals surface area contributed by atoms with Crippen LogP contribution in [-0.2, 0) is 19.1 Å². The van der Waals surface area contributed by atoms with E-state index in [0.29, 0.717) is 17.7 Å². The number of carbonyl (C=O) groups is 4. The van der Waals surface area contributed by atoms with Crippen LogP contribution >= 0.6 is 0 Å². The van der Waals surface area contributed by atoms with E-state index in [0.717, 1.165) is 41.2 Å². The highest BCUT2D eigenvalue weighted by Crippen LogP contribution is 2.31. The first-order valence-electron chi connectivity index (χ1n) is 15.7. The summed E-state index contributed by atoms with van der Waals surface area (Å²) in [5, 5.41) is 7.74. The fourth-order valence-corrected chi connectivity index (χ4v) is 5.43. The van der Waals surface area contributed by atoms with E-state index in [-0.39, 0.29) is 25.3 Å². The largest absolute Gasteiger partial charge is 0.444 e. The van der Waals surface area contributed by atoms with Gasteiger partial charge in [0.2, 0.25) is 11.8 Å². The molecule has 2 unspecified atom stereocenters. The van der Waals surface area contributed by atoms with Gasteiger partial charge in [0.1, 0.15) is 17.7 Å². The third kappa shape index (κ3) is 10.3. The summed E-state index contributed by atoms with van der Waals surface area (Å²) >= 11 is 0. The van der Waals surface area contributed by atoms with Crippen molar-refractivity contribution in [1.82, 2.24) is 10.2 Å². The van der Waals surface area contributed by atoms with Crippen LogP contribution in [0, 0.1) is 13.8 Å². The molecule has 0 spiro atoms. The number of ether oxygens (including phenoxy) is 1. The molecule has 45 heavy (non-hydrogen) atoms. The summed E-state index contributed by atoms with van der Waals surface area (Å²) in [6, 6.07) is 17.2. The molecule has 4 amide bonds. The first-order valence-corrected chi connectivity index (χ1v) is 15.7. The molecule has 2 atom stereocenters. The maximum Gasteiger partial charge on any atom is 0.408 e. The van der Waals surface area contributed by atoms with Gasteiger partial charge in [0.05, 0.1) is 0 Å². The molecule has 0 aliphatic rings. The van der Waals surface area contributed by atoms with Gasteiger partial charge in [-0.05, 0) is 87.1 Å². The van der Waals surface area contributed by atoms with E-state index in [9.17, 15) is 19.2 Å². The van der Waals surface area contributed by atoms with Crippen molar-refractivity contribution in [3.63, 3.8) is 0 Å². The Balaban J connectivity index is 2.09. The number of fused-ring (bicyclic) bond motifs is 1. The number of primary amides is 1. The van der Waals surface area contributed by atoms with E-state index in [1.54, 1.807) is 25.7 Å². The van der Waals surface area contributed by atoms with Gasteiger partial charge in [-0.15, -0.1) is 0 Å². The lowest BCUT2D eigenvalue weighted by Crippen LogP contribution is -2.53. The number of nitrogens with zero attached hydrogens (tertiary/aromatic N) is 1. The quantitative estimate of drug-likeness (QED) is 0.173. The summed E-state index contributed by atoms with van der Waals surface area (Å²) in [6.07, 6.45) is 2.52. The van der Waals surface area contributed by atoms with Gasteiger partial charge in [0.15, 0.2) is 0 Å². The zero-order valence-electron chi connectivity index (χ0n) is 27.4. The molecule has 0 fully saturated rings. The Morgan fingerprint density at radius 3 is 2.18 bits per heavy atom. The molecule has 0 bridgehead atoms. The predicted molar refractivity (Wildman–Crippen MR) is 179 cm³/mol. The molecule has 3 aromatic rings. The Morgan fingerprint density at radius 1 is 0.889 bits per heavy atom. The molecule has 242 valence electrons. The molecule has 0 aliphatic heterocycles. The summed E-state index contributed by atoms with van der Waals surface area (Å²) in [5.41, 5.74) is 7.68. The van der Waals surface area contributed by atoms with Crippen molar-refractivity contribution in [2.45, 2.75) is 97.8 Å². The highest BCUT2D eigenvalue weighted by Gasteiger charge is 2.37. The van der Waals surface area contributed by atoms with Gasteiger partial charge in [0.25, 0.3) is 5.91 Å². The summed E-state index contributed by atoms with van der Waals surface area (Å²) < 4.78 is 5.45. The van der Waals surface area contributed by atoms with Crippen LogP contribution in [0.3, 0.4) is 0 Å². The van der Waals surface area contributed by atoms with Gasteiger partial charge < -0.3 is 26.0 Å². The monoisotopic (exact) mass is 616 g/mol. The van der Waals surface area contributed by atoms with Crippen LogP contribution < -0.4 is 16.4 Å². The Morgan fingerprint density at radius 2 is 1.56 bits per heavy atom. The predicted octanol–water partition coefficient (Wildman–Crippen LogP) is 6.70. The zero-order chi connectivity index (χ0) is 33.1. The van der Waals surface area contributed by atoms with E-state index in [1.807, 2.05) is 74.5 Å². The molecule has 3 aromatic carbocycles. The topological polar surface area (TPSA) is 131 Å². The maximum absolute atomic E-state index is 14.5. The number of nitrogens with one attached hydrogen (secondary N) is 2. The molecule has 4 N–H and O–H groups in total. The van der Waals surface area contributed by atoms with E-state index in [2.05, 4.69) is 17.6 Å². The molecule has 0 aliphatic carbocycles. The average Bonchev–Trinajstić information content (AvgIpc) is 2.96. The lowest BCUT2D eigenvalue weighted by atomic mass is 9.93. The SMILES string of the molecule is CCCCCCN(C(=O)C(CCC(N)=O)NC(=O)OC(C)(C)C)C(C(=O)Nc1ccc2ccccc2c1)c1c(C)cccc1C. The van der Waals surface area contributed by atoms with Crippen molar-refractivity contribution >= 4 is 40.3 Å². The molecule has 0 radical (unpaired) electrons. The number of benzene rings is 3. The minimum Gasteiger partial charge on any atom is -0.444 e. The Labute approximate surface area is 266 Å². The number of anilines is 1. The van der Waals surface area contributed by atoms with Crippen molar-refractivity contribution in [2.24, 2.45) is 5.73 Å². The van der Waals surface area contributed by atoms with E-state index in [4.69, 9.17) is 10.5 Å². The van der Waals surface area contributed by atoms with Crippen molar-refractivity contribution in [1.29, 1.82) is 0 Å². The van der Waals surface area contributed by atoms with Gasteiger partial charge in [-0.2, -0.15) is 0 Å². The lowest BCUT2D eigenvalue weighted by molar-refractivity contribution is -0.141. The summed E-state index contributed by atoms with van der Waals surface area (Å²) in [5.74, 6) is -1.47. The molecule has 0 aromatic heterocycles. The number of rotatable bonds is 14. The highest BCUT2D eigenvalue weighted by molar-refractivity contribution is 6.01. The average molecular weight is 617 g/mol. The van der Waals surface area contributed by atoms with E-state index < -0.39 is 35.6 Å². The zero-order valence-corrected chi connectivity index (χ0v) is 27.4. The van der Waals surface area contributed by atoms with Crippen LogP contribution in [0.1, 0.15) is 89.0 Å². The number of aryl methyl sites for hydroxylation is 2. The van der Waals surface area contributed by atoms with Crippen LogP contribution in [0.25, 0.3) is 10.8 Å². The Kier molecular flexibility index (Phi) is 12.5. The van der Waals surface area contributed by atoms with E-state index in [1.165, 1.54) is 0 Å². The van der Waals surface area contributed by atoms with Crippen LogP contribution in [0.5, 0.6) is 0 Å². The highest BCUT2D eigenvalue weighted by atomic mass is 16.6. The number of hydrogen-bond acceptors (Lipinski definition) is 5. The second-order valence-corrected chi connectivity index (χ2v) is 12.6. The smallest absolute Gasteiger partial charge is 0.408 e. The third-order valence-corrected chi connectivity index (χ3v) is 7.60. The molecular weight excluding hydrogens is 568 g/mol. The molecule has 9 nitrogen and oxygen atoms in total. The van der Waals surface area contributed by atoms with Gasteiger partial charge in [0, 0.05) is 18.7 Å². The van der Waals surface area contributed by atoms with Crippen molar-refractivity contribution in [2.75, 3.05) is 11.9 Å². The van der Waals surface area contributed by atoms with Crippen LogP contribution in [0.15, 0.2) is 60.7 Å². The molecule has 0 saturated heterocycles. The summed E-state index contributed by atoms with van der Waals surface area (Å²) in [4.78, 5) is 55.1. The number of hydrogen-bond donors (Lipinski definition) is 3. The first kappa shape index (κ1) is 35.1. The normalized spacial score (nSPS) is 12.7. The third-order valence-electron chi connectivity index (χ3n) is 7.60. The van der Waals surface area contributed by atoms with E-state index >= 15 is 0 Å². The standard InChI is InChI=1S/C36H48N4O5/c1-7-8-9-12-22-40(34(43)29(20-21-30(37)41)39-35(44)45-36(4,5)6)32(31-24(2)14-13-15-25(31)3)33(42)38-28-19-18-26-16-10-11-17-27(26)23-28/h10-11,13-19,23,29,32H,7-9,12,20-22H2,1-6H3,(H2,37,41)(H,38,42)(H,39,44). The van der Waals surface area contributed by atoms with Crippen molar-refractivity contribution in [3.8, 4) is 0 Å². The molecule has 9 heteroatoms. The van der Waals surface area contributed by atoms with Crippen molar-refractivity contribution in [3.05, 3.63) is 77.4 Å². The van der Waals surface area contributed by atoms with Gasteiger partial charge >= 0.3 is 6.09 Å². The second-order valence-electron chi connectivity index (χ2n) is 12.6. The van der Waals surface area contributed by atoms with Gasteiger partial charge in [-0.25, -0.2) is 4.79 Å². The first-order chi connectivity index (χ1) is 21.3. The van der Waals surface area contributed by atoms with Crippen molar-refractivity contribution < 1.29 is 23.9 Å².